The third-order valence-corrected chi connectivity index (χ3v) is 4.97. The van der Waals surface area contributed by atoms with Crippen molar-refractivity contribution < 1.29 is 9.18 Å². The molecule has 0 spiro atoms. The molecule has 0 aliphatic heterocycles. The van der Waals surface area contributed by atoms with Gasteiger partial charge in [0, 0.05) is 0 Å². The first-order chi connectivity index (χ1) is 9.45. The Morgan fingerprint density at radius 3 is 2.95 bits per heavy atom. The summed E-state index contributed by atoms with van der Waals surface area (Å²) in [5.74, 6) is -0.469. The Labute approximate surface area is 128 Å². The van der Waals surface area contributed by atoms with E-state index in [1.165, 1.54) is 35.2 Å². The number of thioether (sulfide) groups is 1. The van der Waals surface area contributed by atoms with Crippen LogP contribution in [0, 0.1) is 12.7 Å². The predicted octanol–water partition coefficient (Wildman–Crippen LogP) is 3.56. The van der Waals surface area contributed by atoms with E-state index in [0.717, 1.165) is 16.0 Å². The molecule has 0 fully saturated rings. The largest absolute Gasteiger partial charge is 0.375 e. The quantitative estimate of drug-likeness (QED) is 0.841. The fourth-order valence-corrected chi connectivity index (χ4v) is 3.48. The number of aromatic nitrogens is 1. The standard InChI is InChI=1S/C12H11ClFN3OS2/c1-6-11(20-12(15)16-6)19-5-10(18)17-9-3-2-7(14)4-8(9)13/h2-4H,5H2,1H3,(H2,15,16)(H,17,18). The predicted molar refractivity (Wildman–Crippen MR) is 82.0 cm³/mol. The molecule has 0 bridgehead atoms. The lowest BCUT2D eigenvalue weighted by molar-refractivity contribution is -0.113. The zero-order valence-corrected chi connectivity index (χ0v) is 12.8. The maximum atomic E-state index is 12.9. The summed E-state index contributed by atoms with van der Waals surface area (Å²) in [5, 5.41) is 3.28. The monoisotopic (exact) mass is 331 g/mol. The number of hydrogen-bond donors (Lipinski definition) is 2. The van der Waals surface area contributed by atoms with Crippen LogP contribution in [0.4, 0.5) is 15.2 Å². The number of anilines is 2. The van der Waals surface area contributed by atoms with Crippen molar-refractivity contribution in [2.24, 2.45) is 0 Å². The zero-order valence-electron chi connectivity index (χ0n) is 10.4. The van der Waals surface area contributed by atoms with Gasteiger partial charge < -0.3 is 11.1 Å². The molecule has 20 heavy (non-hydrogen) atoms. The van der Waals surface area contributed by atoms with Gasteiger partial charge in [-0.2, -0.15) is 0 Å². The van der Waals surface area contributed by atoms with Gasteiger partial charge in [0.1, 0.15) is 5.82 Å². The molecule has 0 saturated carbocycles. The number of nitrogens with zero attached hydrogens (tertiary/aromatic N) is 1. The second kappa shape index (κ2) is 6.43. The molecule has 1 heterocycles. The Morgan fingerprint density at radius 2 is 2.35 bits per heavy atom. The number of benzene rings is 1. The Morgan fingerprint density at radius 1 is 1.60 bits per heavy atom. The van der Waals surface area contributed by atoms with E-state index in [4.69, 9.17) is 17.3 Å². The maximum Gasteiger partial charge on any atom is 0.234 e. The number of carbonyl (C=O) groups excluding carboxylic acids is 1. The number of amides is 1. The lowest BCUT2D eigenvalue weighted by Gasteiger charge is -2.06. The number of hydrogen-bond acceptors (Lipinski definition) is 5. The van der Waals surface area contributed by atoms with Crippen molar-refractivity contribution in [3.63, 3.8) is 0 Å². The molecule has 0 radical (unpaired) electrons. The lowest BCUT2D eigenvalue weighted by Crippen LogP contribution is -2.14. The summed E-state index contributed by atoms with van der Waals surface area (Å²) in [6.45, 7) is 1.84. The molecular formula is C12H11ClFN3OS2. The normalized spacial score (nSPS) is 10.6. The molecule has 0 aliphatic rings. The van der Waals surface area contributed by atoms with Crippen molar-refractivity contribution in [1.82, 2.24) is 4.98 Å². The fourth-order valence-electron chi connectivity index (χ4n) is 1.44. The molecule has 0 atom stereocenters. The van der Waals surface area contributed by atoms with Gasteiger partial charge in [-0.15, -0.1) is 11.8 Å². The molecule has 4 nitrogen and oxygen atoms in total. The highest BCUT2D eigenvalue weighted by atomic mass is 35.5. The van der Waals surface area contributed by atoms with Gasteiger partial charge in [0.25, 0.3) is 0 Å². The molecule has 0 aliphatic carbocycles. The topological polar surface area (TPSA) is 68.0 Å². The second-order valence-electron chi connectivity index (χ2n) is 3.89. The Kier molecular flexibility index (Phi) is 4.85. The van der Waals surface area contributed by atoms with Crippen LogP contribution in [0.5, 0.6) is 0 Å². The number of halogens is 2. The number of aryl methyl sites for hydroxylation is 1. The smallest absolute Gasteiger partial charge is 0.234 e. The van der Waals surface area contributed by atoms with E-state index < -0.39 is 5.82 Å². The van der Waals surface area contributed by atoms with E-state index in [9.17, 15) is 9.18 Å². The zero-order chi connectivity index (χ0) is 14.7. The third kappa shape index (κ3) is 3.84. The summed E-state index contributed by atoms with van der Waals surface area (Å²) < 4.78 is 13.8. The van der Waals surface area contributed by atoms with Crippen molar-refractivity contribution in [2.75, 3.05) is 16.8 Å². The van der Waals surface area contributed by atoms with Crippen molar-refractivity contribution in [3.8, 4) is 0 Å². The van der Waals surface area contributed by atoms with Gasteiger partial charge in [-0.25, -0.2) is 9.37 Å². The van der Waals surface area contributed by atoms with Crippen LogP contribution < -0.4 is 11.1 Å². The molecule has 8 heteroatoms. The van der Waals surface area contributed by atoms with Crippen LogP contribution in [0.15, 0.2) is 22.4 Å². The van der Waals surface area contributed by atoms with Gasteiger partial charge in [-0.3, -0.25) is 4.79 Å². The van der Waals surface area contributed by atoms with Crippen LogP contribution in [-0.4, -0.2) is 16.6 Å². The molecular weight excluding hydrogens is 321 g/mol. The third-order valence-electron chi connectivity index (χ3n) is 2.31. The summed E-state index contributed by atoms with van der Waals surface area (Å²) in [7, 11) is 0. The molecule has 1 amide bonds. The van der Waals surface area contributed by atoms with Gasteiger partial charge in [0.2, 0.25) is 5.91 Å². The number of nitrogen functional groups attached to an aromatic ring is 1. The number of nitrogens with one attached hydrogen (secondary N) is 1. The van der Waals surface area contributed by atoms with Crippen LogP contribution in [0.25, 0.3) is 0 Å². The van der Waals surface area contributed by atoms with Gasteiger partial charge >= 0.3 is 0 Å². The van der Waals surface area contributed by atoms with E-state index >= 15 is 0 Å². The van der Waals surface area contributed by atoms with Crippen LogP contribution >= 0.6 is 34.7 Å². The van der Waals surface area contributed by atoms with Gasteiger partial charge in [0.05, 0.1) is 26.4 Å². The number of carbonyl (C=O) groups is 1. The van der Waals surface area contributed by atoms with Crippen molar-refractivity contribution in [3.05, 3.63) is 34.7 Å². The van der Waals surface area contributed by atoms with E-state index in [2.05, 4.69) is 10.3 Å². The first kappa shape index (κ1) is 15.1. The number of rotatable bonds is 4. The van der Waals surface area contributed by atoms with E-state index in [1.807, 2.05) is 6.92 Å². The molecule has 106 valence electrons. The van der Waals surface area contributed by atoms with Gasteiger partial charge in [-0.05, 0) is 25.1 Å². The minimum absolute atomic E-state index is 0.168. The van der Waals surface area contributed by atoms with Gasteiger partial charge in [0.15, 0.2) is 5.13 Å². The van der Waals surface area contributed by atoms with E-state index in [1.54, 1.807) is 0 Å². The highest BCUT2D eigenvalue weighted by Gasteiger charge is 2.11. The number of thiazole rings is 1. The Balaban J connectivity index is 1.94. The second-order valence-corrected chi connectivity index (χ2v) is 6.57. The summed E-state index contributed by atoms with van der Waals surface area (Å²) in [6, 6.07) is 3.82. The van der Waals surface area contributed by atoms with Crippen molar-refractivity contribution in [2.45, 2.75) is 11.1 Å². The minimum Gasteiger partial charge on any atom is -0.375 e. The molecule has 2 rings (SSSR count). The van der Waals surface area contributed by atoms with Crippen LogP contribution in [0.1, 0.15) is 5.69 Å². The van der Waals surface area contributed by atoms with Crippen LogP contribution in [0.3, 0.4) is 0 Å². The minimum atomic E-state index is -0.446. The first-order valence-electron chi connectivity index (χ1n) is 5.56. The average Bonchev–Trinajstić information content (AvgIpc) is 2.69. The molecule has 2 aromatic rings. The highest BCUT2D eigenvalue weighted by molar-refractivity contribution is 8.01. The van der Waals surface area contributed by atoms with E-state index in [-0.39, 0.29) is 16.7 Å². The molecule has 1 aromatic carbocycles. The Hall–Kier alpha value is -1.31. The van der Waals surface area contributed by atoms with E-state index in [0.29, 0.717) is 10.8 Å². The summed E-state index contributed by atoms with van der Waals surface area (Å²) in [5.41, 5.74) is 6.78. The van der Waals surface area contributed by atoms with Crippen molar-refractivity contribution >= 4 is 51.4 Å². The SMILES string of the molecule is Cc1nc(N)sc1SCC(=O)Nc1ccc(F)cc1Cl. The highest BCUT2D eigenvalue weighted by Crippen LogP contribution is 2.30. The Bertz CT molecular complexity index is 648. The first-order valence-corrected chi connectivity index (χ1v) is 7.74. The molecule has 0 unspecified atom stereocenters. The molecule has 0 saturated heterocycles. The average molecular weight is 332 g/mol. The van der Waals surface area contributed by atoms with Crippen molar-refractivity contribution in [1.29, 1.82) is 0 Å². The summed E-state index contributed by atoms with van der Waals surface area (Å²) in [4.78, 5) is 15.9. The summed E-state index contributed by atoms with van der Waals surface area (Å²) in [6.07, 6.45) is 0. The van der Waals surface area contributed by atoms with Crippen LogP contribution in [0.2, 0.25) is 5.02 Å². The summed E-state index contributed by atoms with van der Waals surface area (Å²) >= 11 is 8.53. The number of nitrogens with two attached hydrogens (primary N) is 1. The molecule has 3 N–H and O–H groups in total. The fraction of sp³-hybridized carbons (Fsp3) is 0.167. The maximum absolute atomic E-state index is 12.9. The lowest BCUT2D eigenvalue weighted by atomic mass is 10.3. The molecule has 1 aromatic heterocycles. The van der Waals surface area contributed by atoms with Gasteiger partial charge in [-0.1, -0.05) is 22.9 Å². The van der Waals surface area contributed by atoms with Crippen LogP contribution in [-0.2, 0) is 4.79 Å².